The topological polar surface area (TPSA) is 38.1 Å². The van der Waals surface area contributed by atoms with E-state index in [1.54, 1.807) is 0 Å². The fourth-order valence-corrected chi connectivity index (χ4v) is 1.67. The second-order valence-corrected chi connectivity index (χ2v) is 4.93. The molecule has 4 heteroatoms. The molecule has 1 fully saturated rings. The second-order valence-electron chi connectivity index (χ2n) is 4.52. The Morgan fingerprint density at radius 3 is 3.00 bits per heavy atom. The van der Waals surface area contributed by atoms with E-state index in [9.17, 15) is 0 Å². The van der Waals surface area contributed by atoms with Gasteiger partial charge in [0.1, 0.15) is 16.4 Å². The number of rotatable bonds is 4. The number of nitrogens with one attached hydrogen (secondary N) is 1. The number of thiocarbonyl (C=S) groups is 1. The summed E-state index contributed by atoms with van der Waals surface area (Å²) >= 11 is 5.23. The predicted molar refractivity (Wildman–Crippen MR) is 62.9 cm³/mol. The Balaban J connectivity index is 1.95. The molecule has 0 atom stereocenters. The van der Waals surface area contributed by atoms with Crippen LogP contribution in [0.25, 0.3) is 0 Å². The maximum absolute atomic E-state index is 5.23. The Labute approximate surface area is 95.2 Å². The molecule has 1 saturated carbocycles. The van der Waals surface area contributed by atoms with E-state index < -0.39 is 0 Å². The van der Waals surface area contributed by atoms with Crippen LogP contribution in [0.3, 0.4) is 0 Å². The molecule has 1 aliphatic carbocycles. The summed E-state index contributed by atoms with van der Waals surface area (Å²) in [5.74, 6) is 1.50. The van der Waals surface area contributed by atoms with Gasteiger partial charge in [-0.25, -0.2) is 0 Å². The highest BCUT2D eigenvalue weighted by Gasteiger charge is 2.23. The lowest BCUT2D eigenvalue weighted by Gasteiger charge is -2.00. The molecule has 0 spiro atoms. The number of nitrogens with zero attached hydrogens (tertiary/aromatic N) is 1. The van der Waals surface area contributed by atoms with Gasteiger partial charge in [0.05, 0.1) is 0 Å². The summed E-state index contributed by atoms with van der Waals surface area (Å²) < 4.78 is 5.22. The molecule has 15 heavy (non-hydrogen) atoms. The first-order valence-corrected chi connectivity index (χ1v) is 5.82. The van der Waals surface area contributed by atoms with Crippen LogP contribution in [-0.4, -0.2) is 16.2 Å². The van der Waals surface area contributed by atoms with Gasteiger partial charge in [0.25, 0.3) is 0 Å². The Kier molecular flexibility index (Phi) is 3.05. The summed E-state index contributed by atoms with van der Waals surface area (Å²) in [5, 5.41) is 7.22. The quantitative estimate of drug-likeness (QED) is 0.796. The summed E-state index contributed by atoms with van der Waals surface area (Å²) in [4.78, 5) is 0.719. The lowest BCUT2D eigenvalue weighted by molar-refractivity contribution is 0.368. The van der Waals surface area contributed by atoms with E-state index in [0.717, 1.165) is 22.9 Å². The third-order valence-electron chi connectivity index (χ3n) is 2.31. The molecule has 0 amide bonds. The molecule has 0 unspecified atom stereocenters. The van der Waals surface area contributed by atoms with E-state index in [-0.39, 0.29) is 0 Å². The first-order valence-electron chi connectivity index (χ1n) is 5.41. The summed E-state index contributed by atoms with van der Waals surface area (Å²) in [6.45, 7) is 4.31. The molecule has 1 aliphatic rings. The summed E-state index contributed by atoms with van der Waals surface area (Å²) in [7, 11) is 0. The van der Waals surface area contributed by atoms with Crippen molar-refractivity contribution < 1.29 is 4.52 Å². The summed E-state index contributed by atoms with van der Waals surface area (Å²) in [6, 6.07) is 2.51. The monoisotopic (exact) mass is 224 g/mol. The van der Waals surface area contributed by atoms with Crippen LogP contribution in [0.2, 0.25) is 0 Å². The van der Waals surface area contributed by atoms with Crippen molar-refractivity contribution in [2.24, 2.45) is 5.92 Å². The minimum atomic E-state index is 0.572. The zero-order valence-corrected chi connectivity index (χ0v) is 9.93. The molecular formula is C11H16N2OS. The van der Waals surface area contributed by atoms with Crippen LogP contribution >= 0.6 is 12.2 Å². The van der Waals surface area contributed by atoms with E-state index in [2.05, 4.69) is 24.3 Å². The van der Waals surface area contributed by atoms with Gasteiger partial charge in [0.15, 0.2) is 0 Å². The Hall–Kier alpha value is -0.900. The van der Waals surface area contributed by atoms with Crippen molar-refractivity contribution in [2.45, 2.75) is 39.2 Å². The minimum absolute atomic E-state index is 0.572. The third kappa shape index (κ3) is 3.02. The van der Waals surface area contributed by atoms with Gasteiger partial charge in [0, 0.05) is 18.5 Å². The van der Waals surface area contributed by atoms with Crippen LogP contribution in [0, 0.1) is 5.92 Å². The standard InChI is InChI=1S/C11H16N2OS/c1-7(2)5-9-6-10(13-14-9)11(15)12-8-3-4-8/h6-8H,3-5H2,1-2H3,(H,12,15). The lowest BCUT2D eigenvalue weighted by atomic mass is 10.1. The highest BCUT2D eigenvalue weighted by Crippen LogP contribution is 2.19. The molecule has 0 aliphatic heterocycles. The predicted octanol–water partition coefficient (Wildman–Crippen LogP) is 2.30. The van der Waals surface area contributed by atoms with Crippen molar-refractivity contribution in [3.8, 4) is 0 Å². The van der Waals surface area contributed by atoms with Gasteiger partial charge in [0.2, 0.25) is 0 Å². The van der Waals surface area contributed by atoms with Gasteiger partial charge < -0.3 is 9.84 Å². The largest absolute Gasteiger partial charge is 0.372 e. The van der Waals surface area contributed by atoms with Crippen molar-refractivity contribution in [2.75, 3.05) is 0 Å². The number of aromatic nitrogens is 1. The maximum Gasteiger partial charge on any atom is 0.141 e. The van der Waals surface area contributed by atoms with Crippen molar-refractivity contribution in [3.05, 3.63) is 17.5 Å². The molecule has 0 radical (unpaired) electrons. The van der Waals surface area contributed by atoms with Crippen molar-refractivity contribution in [1.29, 1.82) is 0 Å². The molecule has 0 saturated heterocycles. The molecular weight excluding hydrogens is 208 g/mol. The van der Waals surface area contributed by atoms with Crippen molar-refractivity contribution in [1.82, 2.24) is 10.5 Å². The molecule has 2 rings (SSSR count). The third-order valence-corrected chi connectivity index (χ3v) is 2.64. The fourth-order valence-electron chi connectivity index (χ4n) is 1.41. The maximum atomic E-state index is 5.23. The first kappa shape index (κ1) is 10.6. The zero-order valence-electron chi connectivity index (χ0n) is 9.12. The van der Waals surface area contributed by atoms with E-state index in [1.165, 1.54) is 12.8 Å². The van der Waals surface area contributed by atoms with Gasteiger partial charge in [-0.05, 0) is 18.8 Å². The van der Waals surface area contributed by atoms with Crippen LogP contribution in [-0.2, 0) is 6.42 Å². The normalized spacial score (nSPS) is 15.7. The van der Waals surface area contributed by atoms with E-state index >= 15 is 0 Å². The Morgan fingerprint density at radius 1 is 1.67 bits per heavy atom. The summed E-state index contributed by atoms with van der Waals surface area (Å²) in [5.41, 5.74) is 0.771. The van der Waals surface area contributed by atoms with Crippen LogP contribution in [0.4, 0.5) is 0 Å². The van der Waals surface area contributed by atoms with Gasteiger partial charge in [-0.2, -0.15) is 0 Å². The molecule has 1 N–H and O–H groups in total. The molecule has 3 nitrogen and oxygen atoms in total. The van der Waals surface area contributed by atoms with Gasteiger partial charge in [-0.15, -0.1) is 0 Å². The molecule has 1 heterocycles. The van der Waals surface area contributed by atoms with Crippen LogP contribution in [0.15, 0.2) is 10.6 Å². The van der Waals surface area contributed by atoms with Crippen LogP contribution in [0.1, 0.15) is 38.1 Å². The summed E-state index contributed by atoms with van der Waals surface area (Å²) in [6.07, 6.45) is 3.35. The zero-order chi connectivity index (χ0) is 10.8. The highest BCUT2D eigenvalue weighted by molar-refractivity contribution is 7.80. The SMILES string of the molecule is CC(C)Cc1cc(C(=S)NC2CC2)no1. The minimum Gasteiger partial charge on any atom is -0.372 e. The molecule has 0 aromatic carbocycles. The molecule has 1 aromatic heterocycles. The number of hydrogen-bond acceptors (Lipinski definition) is 3. The van der Waals surface area contributed by atoms with Gasteiger partial charge in [-0.3, -0.25) is 0 Å². The van der Waals surface area contributed by atoms with E-state index in [4.69, 9.17) is 16.7 Å². The number of hydrogen-bond donors (Lipinski definition) is 1. The fraction of sp³-hybridized carbons (Fsp3) is 0.636. The smallest absolute Gasteiger partial charge is 0.141 e. The second kappa shape index (κ2) is 4.31. The molecule has 1 aromatic rings. The first-order chi connectivity index (χ1) is 7.15. The Morgan fingerprint density at radius 2 is 2.40 bits per heavy atom. The Bertz CT molecular complexity index is 355. The average Bonchev–Trinajstić information content (AvgIpc) is 2.83. The molecule has 0 bridgehead atoms. The van der Waals surface area contributed by atoms with Crippen LogP contribution < -0.4 is 5.32 Å². The lowest BCUT2D eigenvalue weighted by Crippen LogP contribution is -2.24. The van der Waals surface area contributed by atoms with Crippen molar-refractivity contribution >= 4 is 17.2 Å². The van der Waals surface area contributed by atoms with E-state index in [1.807, 2.05) is 6.07 Å². The average molecular weight is 224 g/mol. The van der Waals surface area contributed by atoms with E-state index in [0.29, 0.717) is 12.0 Å². The molecule has 82 valence electrons. The van der Waals surface area contributed by atoms with Crippen molar-refractivity contribution in [3.63, 3.8) is 0 Å². The van der Waals surface area contributed by atoms with Gasteiger partial charge in [-0.1, -0.05) is 31.2 Å². The van der Waals surface area contributed by atoms with Crippen LogP contribution in [0.5, 0.6) is 0 Å². The van der Waals surface area contributed by atoms with Gasteiger partial charge >= 0.3 is 0 Å². The highest BCUT2D eigenvalue weighted by atomic mass is 32.1.